The zero-order chi connectivity index (χ0) is 19.9. The number of benzene rings is 2. The van der Waals surface area contributed by atoms with Crippen LogP contribution in [0.25, 0.3) is 16.2 Å². The number of nitrogens with zero attached hydrogens (tertiary/aromatic N) is 2. The van der Waals surface area contributed by atoms with Crippen LogP contribution in [0.1, 0.15) is 30.1 Å². The molecule has 0 aliphatic carbocycles. The first-order valence-corrected chi connectivity index (χ1v) is 11.5. The summed E-state index contributed by atoms with van der Waals surface area (Å²) in [4.78, 5) is 5.05. The minimum atomic E-state index is -0.351. The van der Waals surface area contributed by atoms with E-state index in [1.54, 1.807) is 11.3 Å². The van der Waals surface area contributed by atoms with Crippen LogP contribution in [-0.4, -0.2) is 54.2 Å². The number of aliphatic hydroxyl groups is 1. The molecule has 1 aromatic heterocycles. The average Bonchev–Trinajstić information content (AvgIpc) is 3.20. The molecule has 0 spiro atoms. The van der Waals surface area contributed by atoms with Gasteiger partial charge >= 0.3 is 0 Å². The molecule has 3 nitrogen and oxygen atoms in total. The third-order valence-corrected chi connectivity index (χ3v) is 6.74. The highest BCUT2D eigenvalue weighted by molar-refractivity contribution is 7.17. The van der Waals surface area contributed by atoms with Gasteiger partial charge in [-0.05, 0) is 47.3 Å². The molecule has 1 aliphatic heterocycles. The van der Waals surface area contributed by atoms with Gasteiger partial charge in [-0.2, -0.15) is 0 Å². The third kappa shape index (κ3) is 5.55. The molecular weight excluding hydrogens is 376 g/mol. The maximum absolute atomic E-state index is 10.6. The summed E-state index contributed by atoms with van der Waals surface area (Å²) >= 11 is 1.73. The van der Waals surface area contributed by atoms with Crippen LogP contribution >= 0.6 is 11.3 Å². The van der Waals surface area contributed by atoms with Crippen molar-refractivity contribution in [3.8, 4) is 0 Å². The zero-order valence-corrected chi connectivity index (χ0v) is 17.7. The van der Waals surface area contributed by atoms with E-state index in [1.165, 1.54) is 15.6 Å². The predicted molar refractivity (Wildman–Crippen MR) is 124 cm³/mol. The number of piperazine rings is 1. The van der Waals surface area contributed by atoms with Gasteiger partial charge in [-0.3, -0.25) is 4.90 Å². The summed E-state index contributed by atoms with van der Waals surface area (Å²) in [7, 11) is 0. The zero-order valence-electron chi connectivity index (χ0n) is 16.9. The van der Waals surface area contributed by atoms with Gasteiger partial charge in [-0.25, -0.2) is 0 Å². The number of aliphatic hydroxyl groups excluding tert-OH is 1. The molecule has 0 bridgehead atoms. The van der Waals surface area contributed by atoms with E-state index in [0.717, 1.165) is 57.7 Å². The van der Waals surface area contributed by atoms with Crippen molar-refractivity contribution in [3.05, 3.63) is 77.2 Å². The maximum atomic E-state index is 10.6. The Bertz CT molecular complexity index is 913. The first-order valence-electron chi connectivity index (χ1n) is 10.6. The lowest BCUT2D eigenvalue weighted by Gasteiger charge is -2.34. The first-order chi connectivity index (χ1) is 14.3. The summed E-state index contributed by atoms with van der Waals surface area (Å²) in [5.74, 6) is 0. The molecule has 0 radical (unpaired) electrons. The Kier molecular flexibility index (Phi) is 7.12. The molecule has 1 saturated heterocycles. The summed E-state index contributed by atoms with van der Waals surface area (Å²) in [6, 6.07) is 18.9. The molecule has 4 heteroatoms. The van der Waals surface area contributed by atoms with Crippen molar-refractivity contribution in [1.82, 2.24) is 9.80 Å². The van der Waals surface area contributed by atoms with Gasteiger partial charge < -0.3 is 10.0 Å². The number of rotatable bonds is 8. The molecule has 1 atom stereocenters. The van der Waals surface area contributed by atoms with E-state index in [-0.39, 0.29) is 6.10 Å². The molecule has 2 aromatic carbocycles. The molecular formula is C25H30N2OS. The van der Waals surface area contributed by atoms with Gasteiger partial charge in [0.05, 0.1) is 6.10 Å². The molecule has 1 aliphatic rings. The Labute approximate surface area is 177 Å². The third-order valence-electron chi connectivity index (χ3n) is 5.76. The molecule has 29 heavy (non-hydrogen) atoms. The van der Waals surface area contributed by atoms with E-state index in [4.69, 9.17) is 0 Å². The normalized spacial score (nSPS) is 17.3. The van der Waals surface area contributed by atoms with Crippen molar-refractivity contribution in [2.24, 2.45) is 0 Å². The minimum absolute atomic E-state index is 0.351. The molecule has 1 unspecified atom stereocenters. The van der Waals surface area contributed by atoms with Gasteiger partial charge in [0.15, 0.2) is 0 Å². The van der Waals surface area contributed by atoms with Gasteiger partial charge in [0.25, 0.3) is 0 Å². The van der Waals surface area contributed by atoms with E-state index in [1.807, 2.05) is 0 Å². The molecule has 1 N–H and O–H groups in total. The van der Waals surface area contributed by atoms with Crippen LogP contribution in [0.2, 0.25) is 0 Å². The van der Waals surface area contributed by atoms with Gasteiger partial charge in [-0.15, -0.1) is 11.3 Å². The van der Waals surface area contributed by atoms with Crippen molar-refractivity contribution in [1.29, 1.82) is 0 Å². The smallest absolute Gasteiger partial charge is 0.0804 e. The number of hydrogen-bond acceptors (Lipinski definition) is 4. The topological polar surface area (TPSA) is 26.7 Å². The van der Waals surface area contributed by atoms with Crippen LogP contribution in [0.3, 0.4) is 0 Å². The fourth-order valence-electron chi connectivity index (χ4n) is 4.02. The quantitative estimate of drug-likeness (QED) is 0.567. The van der Waals surface area contributed by atoms with E-state index < -0.39 is 0 Å². The van der Waals surface area contributed by atoms with Crippen LogP contribution in [0.15, 0.2) is 66.1 Å². The Morgan fingerprint density at radius 3 is 2.48 bits per heavy atom. The van der Waals surface area contributed by atoms with Gasteiger partial charge in [0.1, 0.15) is 0 Å². The highest BCUT2D eigenvalue weighted by atomic mass is 32.1. The predicted octanol–water partition coefficient (Wildman–Crippen LogP) is 5.05. The summed E-state index contributed by atoms with van der Waals surface area (Å²) < 4.78 is 1.26. The summed E-state index contributed by atoms with van der Waals surface area (Å²) in [5, 5.41) is 14.0. The molecule has 4 rings (SSSR count). The Hall–Kier alpha value is -1.98. The van der Waals surface area contributed by atoms with Crippen molar-refractivity contribution >= 4 is 27.5 Å². The minimum Gasteiger partial charge on any atom is -0.388 e. The van der Waals surface area contributed by atoms with Crippen molar-refractivity contribution < 1.29 is 5.11 Å². The molecule has 152 valence electrons. The lowest BCUT2D eigenvalue weighted by atomic mass is 10.0. The molecule has 0 saturated carbocycles. The molecule has 1 fully saturated rings. The van der Waals surface area contributed by atoms with Gasteiger partial charge in [0.2, 0.25) is 0 Å². The summed E-state index contributed by atoms with van der Waals surface area (Å²) in [5.41, 5.74) is 2.36. The summed E-state index contributed by atoms with van der Waals surface area (Å²) in [6.07, 6.45) is 6.00. The van der Waals surface area contributed by atoms with Gasteiger partial charge in [-0.1, -0.05) is 60.7 Å². The summed E-state index contributed by atoms with van der Waals surface area (Å²) in [6.45, 7) is 6.58. The lowest BCUT2D eigenvalue weighted by molar-refractivity contribution is 0.125. The van der Waals surface area contributed by atoms with Crippen LogP contribution < -0.4 is 0 Å². The first kappa shape index (κ1) is 20.3. The highest BCUT2D eigenvalue weighted by Crippen LogP contribution is 2.32. The van der Waals surface area contributed by atoms with E-state index in [0.29, 0.717) is 0 Å². The van der Waals surface area contributed by atoms with E-state index in [9.17, 15) is 5.11 Å². The second kappa shape index (κ2) is 10.2. The molecule has 0 amide bonds. The van der Waals surface area contributed by atoms with Gasteiger partial charge in [0, 0.05) is 37.4 Å². The van der Waals surface area contributed by atoms with Crippen molar-refractivity contribution in [3.63, 3.8) is 0 Å². The number of fused-ring (bicyclic) bond motifs is 1. The second-order valence-corrected chi connectivity index (χ2v) is 8.71. The Balaban J connectivity index is 1.16. The Morgan fingerprint density at radius 1 is 0.931 bits per heavy atom. The largest absolute Gasteiger partial charge is 0.388 e. The van der Waals surface area contributed by atoms with Crippen LogP contribution in [0.4, 0.5) is 0 Å². The van der Waals surface area contributed by atoms with E-state index in [2.05, 4.69) is 81.9 Å². The molecule has 2 heterocycles. The Morgan fingerprint density at radius 2 is 1.66 bits per heavy atom. The number of hydrogen-bond donors (Lipinski definition) is 1. The lowest BCUT2D eigenvalue weighted by Crippen LogP contribution is -2.46. The SMILES string of the molecule is OC(CCCN1CCN(C/C=C/c2ccccc2)CC1)c1csc2ccccc12. The second-order valence-electron chi connectivity index (χ2n) is 7.80. The fraction of sp³-hybridized carbons (Fsp3) is 0.360. The fourth-order valence-corrected chi connectivity index (χ4v) is 5.03. The van der Waals surface area contributed by atoms with Crippen molar-refractivity contribution in [2.45, 2.75) is 18.9 Å². The number of thiophene rings is 1. The van der Waals surface area contributed by atoms with Crippen LogP contribution in [0, 0.1) is 0 Å². The van der Waals surface area contributed by atoms with E-state index >= 15 is 0 Å². The standard InChI is InChI=1S/C25H30N2OS/c28-24(23-20-29-25-13-5-4-11-22(23)25)12-7-15-27-18-16-26(17-19-27)14-6-10-21-8-2-1-3-9-21/h1-6,8-11,13,20,24,28H,7,12,14-19H2/b10-6+. The monoisotopic (exact) mass is 406 g/mol. The average molecular weight is 407 g/mol. The maximum Gasteiger partial charge on any atom is 0.0804 e. The van der Waals surface area contributed by atoms with Crippen molar-refractivity contribution in [2.75, 3.05) is 39.3 Å². The highest BCUT2D eigenvalue weighted by Gasteiger charge is 2.17. The molecule has 3 aromatic rings. The van der Waals surface area contributed by atoms with Crippen LogP contribution in [0.5, 0.6) is 0 Å². The van der Waals surface area contributed by atoms with Crippen LogP contribution in [-0.2, 0) is 0 Å².